The summed E-state index contributed by atoms with van der Waals surface area (Å²) in [6, 6.07) is 8.30. The van der Waals surface area contributed by atoms with E-state index in [-0.39, 0.29) is 0 Å². The van der Waals surface area contributed by atoms with Gasteiger partial charge < -0.3 is 15.0 Å². The minimum Gasteiger partial charge on any atom is -0.444 e. The van der Waals surface area contributed by atoms with Crippen LogP contribution in [0.15, 0.2) is 24.3 Å². The van der Waals surface area contributed by atoms with Gasteiger partial charge in [-0.1, -0.05) is 12.1 Å². The number of hydrogen-bond acceptors (Lipinski definition) is 4. The van der Waals surface area contributed by atoms with Crippen LogP contribution in [0.3, 0.4) is 0 Å². The molecule has 126 valence electrons. The number of anilines is 2. The molecule has 4 rings (SSSR count). The summed E-state index contributed by atoms with van der Waals surface area (Å²) in [6.07, 6.45) is 2.11. The van der Waals surface area contributed by atoms with Gasteiger partial charge in [-0.25, -0.2) is 4.79 Å². The summed E-state index contributed by atoms with van der Waals surface area (Å²) in [7, 11) is 0. The smallest absolute Gasteiger partial charge is 0.412 e. The first-order valence-corrected chi connectivity index (χ1v) is 8.49. The van der Waals surface area contributed by atoms with Crippen LogP contribution in [0, 0.1) is 5.92 Å². The Morgan fingerprint density at radius 3 is 2.39 bits per heavy atom. The third-order valence-corrected chi connectivity index (χ3v) is 4.56. The van der Waals surface area contributed by atoms with Crippen molar-refractivity contribution in [1.82, 2.24) is 4.90 Å². The molecule has 1 unspecified atom stereocenters. The highest BCUT2D eigenvalue weighted by Gasteiger charge is 2.34. The average Bonchev–Trinajstić information content (AvgIpc) is 2.48. The largest absolute Gasteiger partial charge is 0.444 e. The predicted molar refractivity (Wildman–Crippen MR) is 92.9 cm³/mol. The number of para-hydroxylation sites is 2. The van der Waals surface area contributed by atoms with Gasteiger partial charge in [0.1, 0.15) is 5.60 Å². The first-order valence-electron chi connectivity index (χ1n) is 8.49. The normalized spacial score (nSPS) is 26.7. The van der Waals surface area contributed by atoms with Crippen LogP contribution >= 0.6 is 0 Å². The predicted octanol–water partition coefficient (Wildman–Crippen LogP) is 3.54. The molecule has 0 spiro atoms. The molecule has 0 aliphatic carbocycles. The number of benzene rings is 1. The molecular formula is C18H27N3O2. The first-order chi connectivity index (χ1) is 10.9. The summed E-state index contributed by atoms with van der Waals surface area (Å²) < 4.78 is 5.35. The first kappa shape index (κ1) is 16.1. The summed E-state index contributed by atoms with van der Waals surface area (Å²) in [5.41, 5.74) is 1.25. The molecule has 1 aromatic carbocycles. The molecule has 5 nitrogen and oxygen atoms in total. The van der Waals surface area contributed by atoms with Gasteiger partial charge >= 0.3 is 6.09 Å². The van der Waals surface area contributed by atoms with E-state index in [2.05, 4.69) is 15.5 Å². The van der Waals surface area contributed by atoms with Gasteiger partial charge in [-0.2, -0.15) is 0 Å². The van der Waals surface area contributed by atoms with Gasteiger partial charge in [0.2, 0.25) is 0 Å². The number of piperidine rings is 3. The third-order valence-electron chi connectivity index (χ3n) is 4.56. The van der Waals surface area contributed by atoms with Crippen molar-refractivity contribution < 1.29 is 9.53 Å². The molecule has 3 fully saturated rings. The van der Waals surface area contributed by atoms with Gasteiger partial charge in [-0.15, -0.1) is 0 Å². The number of ether oxygens (including phenoxy) is 1. The van der Waals surface area contributed by atoms with Crippen LogP contribution in [-0.4, -0.2) is 42.3 Å². The monoisotopic (exact) mass is 317 g/mol. The Kier molecular flexibility index (Phi) is 4.48. The lowest BCUT2D eigenvalue weighted by Gasteiger charge is -2.45. The van der Waals surface area contributed by atoms with Crippen molar-refractivity contribution in [3.63, 3.8) is 0 Å². The van der Waals surface area contributed by atoms with E-state index in [1.54, 1.807) is 0 Å². The standard InChI is InChI=1S/C18H27N3O2/c1-18(2,3)23-17(22)20-15-7-5-4-6-14(15)19-16-12-21-10-8-13(16)9-11-21/h4-7,13,16,19H,8-12H2,1-3H3,(H,20,22). The Morgan fingerprint density at radius 1 is 1.17 bits per heavy atom. The molecule has 1 aromatic rings. The van der Waals surface area contributed by atoms with Gasteiger partial charge in [0, 0.05) is 12.6 Å². The van der Waals surface area contributed by atoms with Crippen LogP contribution in [0.1, 0.15) is 33.6 Å². The zero-order valence-corrected chi connectivity index (χ0v) is 14.3. The fourth-order valence-electron chi connectivity index (χ4n) is 3.46. The number of carbonyl (C=O) groups is 1. The Balaban J connectivity index is 1.67. The number of carbonyl (C=O) groups excluding carboxylic acids is 1. The average molecular weight is 317 g/mol. The molecule has 3 aliphatic rings. The second-order valence-corrected chi connectivity index (χ2v) is 7.56. The van der Waals surface area contributed by atoms with E-state index in [0.29, 0.717) is 6.04 Å². The summed E-state index contributed by atoms with van der Waals surface area (Å²) in [5, 5.41) is 6.50. The lowest BCUT2D eigenvalue weighted by Crippen LogP contribution is -2.53. The molecule has 0 saturated carbocycles. The van der Waals surface area contributed by atoms with E-state index in [9.17, 15) is 4.79 Å². The Bertz CT molecular complexity index is 560. The van der Waals surface area contributed by atoms with Crippen LogP contribution in [0.2, 0.25) is 0 Å². The lowest BCUT2D eigenvalue weighted by atomic mass is 9.84. The molecule has 0 aromatic heterocycles. The maximum atomic E-state index is 12.0. The molecule has 5 heteroatoms. The molecular weight excluding hydrogens is 290 g/mol. The summed E-state index contributed by atoms with van der Waals surface area (Å²) in [4.78, 5) is 14.5. The van der Waals surface area contributed by atoms with Crippen molar-refractivity contribution >= 4 is 17.5 Å². The van der Waals surface area contributed by atoms with Crippen molar-refractivity contribution in [3.05, 3.63) is 24.3 Å². The fourth-order valence-corrected chi connectivity index (χ4v) is 3.46. The Morgan fingerprint density at radius 2 is 1.83 bits per heavy atom. The number of nitrogens with one attached hydrogen (secondary N) is 2. The Hall–Kier alpha value is -1.75. The van der Waals surface area contributed by atoms with Crippen LogP contribution in [-0.2, 0) is 4.74 Å². The Labute approximate surface area is 138 Å². The van der Waals surface area contributed by atoms with Crippen LogP contribution in [0.25, 0.3) is 0 Å². The van der Waals surface area contributed by atoms with E-state index >= 15 is 0 Å². The van der Waals surface area contributed by atoms with Crippen molar-refractivity contribution in [2.45, 2.75) is 45.3 Å². The molecule has 2 bridgehead atoms. The zero-order valence-electron chi connectivity index (χ0n) is 14.3. The molecule has 0 radical (unpaired) electrons. The summed E-state index contributed by atoms with van der Waals surface area (Å²) in [5.74, 6) is 0.731. The molecule has 1 amide bonds. The van der Waals surface area contributed by atoms with Crippen molar-refractivity contribution in [1.29, 1.82) is 0 Å². The highest BCUT2D eigenvalue weighted by molar-refractivity contribution is 5.89. The highest BCUT2D eigenvalue weighted by atomic mass is 16.6. The minimum atomic E-state index is -0.498. The molecule has 1 atom stereocenters. The van der Waals surface area contributed by atoms with Crippen LogP contribution in [0.5, 0.6) is 0 Å². The highest BCUT2D eigenvalue weighted by Crippen LogP contribution is 2.32. The molecule has 3 heterocycles. The van der Waals surface area contributed by atoms with Crippen LogP contribution in [0.4, 0.5) is 16.2 Å². The van der Waals surface area contributed by atoms with Crippen LogP contribution < -0.4 is 10.6 Å². The van der Waals surface area contributed by atoms with E-state index in [1.807, 2.05) is 45.0 Å². The van der Waals surface area contributed by atoms with E-state index in [0.717, 1.165) is 23.8 Å². The number of amides is 1. The van der Waals surface area contributed by atoms with Crippen molar-refractivity contribution in [2.75, 3.05) is 30.3 Å². The van der Waals surface area contributed by atoms with Crippen molar-refractivity contribution in [3.8, 4) is 0 Å². The van der Waals surface area contributed by atoms with Crippen molar-refractivity contribution in [2.24, 2.45) is 5.92 Å². The zero-order chi connectivity index (χ0) is 16.4. The van der Waals surface area contributed by atoms with E-state index in [1.165, 1.54) is 25.9 Å². The quantitative estimate of drug-likeness (QED) is 0.895. The SMILES string of the molecule is CC(C)(C)OC(=O)Nc1ccccc1NC1CN2CCC1CC2. The van der Waals surface area contributed by atoms with E-state index < -0.39 is 11.7 Å². The maximum Gasteiger partial charge on any atom is 0.412 e. The third kappa shape index (κ3) is 4.16. The van der Waals surface area contributed by atoms with Gasteiger partial charge in [-0.05, 0) is 64.8 Å². The summed E-state index contributed by atoms with van der Waals surface area (Å²) in [6.45, 7) is 9.13. The molecule has 2 N–H and O–H groups in total. The lowest BCUT2D eigenvalue weighted by molar-refractivity contribution is 0.0636. The minimum absolute atomic E-state index is 0.416. The number of rotatable bonds is 3. The second kappa shape index (κ2) is 6.40. The van der Waals surface area contributed by atoms with Gasteiger partial charge in [0.15, 0.2) is 0 Å². The molecule has 3 saturated heterocycles. The van der Waals surface area contributed by atoms with Gasteiger partial charge in [0.05, 0.1) is 11.4 Å². The number of nitrogens with zero attached hydrogens (tertiary/aromatic N) is 1. The number of fused-ring (bicyclic) bond motifs is 3. The molecule has 3 aliphatic heterocycles. The van der Waals surface area contributed by atoms with Gasteiger partial charge in [-0.3, -0.25) is 5.32 Å². The van der Waals surface area contributed by atoms with E-state index in [4.69, 9.17) is 4.74 Å². The molecule has 23 heavy (non-hydrogen) atoms. The maximum absolute atomic E-state index is 12.0. The van der Waals surface area contributed by atoms with Gasteiger partial charge in [0.25, 0.3) is 0 Å². The summed E-state index contributed by atoms with van der Waals surface area (Å²) >= 11 is 0. The fraction of sp³-hybridized carbons (Fsp3) is 0.611. The second-order valence-electron chi connectivity index (χ2n) is 7.56. The number of hydrogen-bond donors (Lipinski definition) is 2. The topological polar surface area (TPSA) is 53.6 Å².